The minimum absolute atomic E-state index is 0.0209. The number of hydrogen-bond donors (Lipinski definition) is 3. The Kier molecular flexibility index (Phi) is 8.79. The van der Waals surface area contributed by atoms with Crippen molar-refractivity contribution in [3.63, 3.8) is 0 Å². The third-order valence-corrected chi connectivity index (χ3v) is 7.13. The molecule has 0 radical (unpaired) electrons. The highest BCUT2D eigenvalue weighted by molar-refractivity contribution is 5.94. The van der Waals surface area contributed by atoms with Crippen molar-refractivity contribution in [3.05, 3.63) is 0 Å². The van der Waals surface area contributed by atoms with Crippen LogP contribution in [0, 0.1) is 34.5 Å². The molecule has 35 heavy (non-hydrogen) atoms. The summed E-state index contributed by atoms with van der Waals surface area (Å²) in [4.78, 5) is 50.4. The van der Waals surface area contributed by atoms with Gasteiger partial charge >= 0.3 is 12.1 Å². The van der Waals surface area contributed by atoms with E-state index in [0.717, 1.165) is 13.3 Å². The first-order valence-corrected chi connectivity index (χ1v) is 11.9. The van der Waals surface area contributed by atoms with Gasteiger partial charge in [0.25, 0.3) is 0 Å². The maximum Gasteiger partial charge on any atom is 0.471 e. The summed E-state index contributed by atoms with van der Waals surface area (Å²) in [5.41, 5.74) is -0.247. The number of alkyl halides is 3. The Bertz CT molecular complexity index is 885. The van der Waals surface area contributed by atoms with Crippen LogP contribution in [0.4, 0.5) is 13.2 Å². The lowest BCUT2D eigenvalue weighted by Gasteiger charge is -2.33. The number of carbonyl (C=O) groups excluding carboxylic acids is 4. The molecular formula is C23H34F3N5O4. The zero-order chi connectivity index (χ0) is 26.7. The maximum atomic E-state index is 13.2. The minimum Gasteiger partial charge on any atom is -0.356 e. The van der Waals surface area contributed by atoms with Crippen LogP contribution in [-0.2, 0) is 19.2 Å². The molecule has 0 aromatic heterocycles. The molecule has 0 aromatic rings. The lowest BCUT2D eigenvalue weighted by Crippen LogP contribution is -2.57. The number of halogens is 3. The lowest BCUT2D eigenvalue weighted by molar-refractivity contribution is -0.175. The largest absolute Gasteiger partial charge is 0.471 e. The average Bonchev–Trinajstić information content (AvgIpc) is 3.12. The Hall–Kier alpha value is -2.84. The molecule has 6 unspecified atom stereocenters. The molecule has 4 amide bonds. The second-order valence-corrected chi connectivity index (χ2v) is 9.64. The molecule has 3 N–H and O–H groups in total. The summed E-state index contributed by atoms with van der Waals surface area (Å²) >= 11 is 0. The highest BCUT2D eigenvalue weighted by Gasteiger charge is 2.69. The molecular weight excluding hydrogens is 467 g/mol. The van der Waals surface area contributed by atoms with E-state index in [4.69, 9.17) is 0 Å². The number of piperidine rings is 2. The van der Waals surface area contributed by atoms with Gasteiger partial charge in [0, 0.05) is 19.0 Å². The van der Waals surface area contributed by atoms with Crippen molar-refractivity contribution in [3.8, 4) is 6.07 Å². The van der Waals surface area contributed by atoms with Crippen LogP contribution in [0.3, 0.4) is 0 Å². The molecule has 2 aliphatic heterocycles. The quantitative estimate of drug-likeness (QED) is 0.508. The number of hydrogen-bond acceptors (Lipinski definition) is 5. The highest BCUT2D eigenvalue weighted by atomic mass is 19.4. The molecule has 3 fully saturated rings. The van der Waals surface area contributed by atoms with Gasteiger partial charge in [0.15, 0.2) is 0 Å². The molecule has 1 aliphatic carbocycles. The fourth-order valence-electron chi connectivity index (χ4n) is 5.15. The van der Waals surface area contributed by atoms with Crippen molar-refractivity contribution in [1.29, 1.82) is 5.26 Å². The van der Waals surface area contributed by atoms with Gasteiger partial charge in [-0.05, 0) is 43.4 Å². The number of nitrogens with one attached hydrogen (secondary N) is 3. The Morgan fingerprint density at radius 1 is 1.26 bits per heavy atom. The zero-order valence-electron chi connectivity index (χ0n) is 20.7. The van der Waals surface area contributed by atoms with E-state index in [9.17, 15) is 37.6 Å². The molecule has 0 spiro atoms. The van der Waals surface area contributed by atoms with Crippen molar-refractivity contribution < 1.29 is 32.3 Å². The van der Waals surface area contributed by atoms with Gasteiger partial charge in [-0.2, -0.15) is 18.4 Å². The van der Waals surface area contributed by atoms with Crippen LogP contribution in [0.15, 0.2) is 0 Å². The standard InChI is InChI=1S/C21H28F3N5O4.C2H6/c1-10(27-19(33)21(22,23)24)18(32)29-9-13-14(20(13,2)3)15(29)17(31)28-12(8-25)7-11-5-4-6-26-16(11)30;1-2/h10-15H,4-7,9H2,1-3H3,(H,26,30)(H,27,33)(H,28,31);1-2H3. The summed E-state index contributed by atoms with van der Waals surface area (Å²) < 4.78 is 37.7. The SMILES string of the molecule is CC.CC(NC(=O)C(F)(F)F)C(=O)N1CC2C(C1C(=O)NC(C#N)CC1CCCNC1=O)C2(C)C. The van der Waals surface area contributed by atoms with Gasteiger partial charge in [0.05, 0.1) is 6.07 Å². The van der Waals surface area contributed by atoms with Crippen molar-refractivity contribution in [2.75, 3.05) is 13.1 Å². The molecule has 1 saturated carbocycles. The molecule has 12 heteroatoms. The van der Waals surface area contributed by atoms with E-state index in [0.29, 0.717) is 13.0 Å². The summed E-state index contributed by atoms with van der Waals surface area (Å²) in [5.74, 6) is -4.44. The summed E-state index contributed by atoms with van der Waals surface area (Å²) in [5, 5.41) is 16.5. The first kappa shape index (κ1) is 28.4. The monoisotopic (exact) mass is 501 g/mol. The highest BCUT2D eigenvalue weighted by Crippen LogP contribution is 2.64. The van der Waals surface area contributed by atoms with Gasteiger partial charge in [0.1, 0.15) is 18.1 Å². The summed E-state index contributed by atoms with van der Waals surface area (Å²) in [6.07, 6.45) is -3.63. The van der Waals surface area contributed by atoms with Gasteiger partial charge in [-0.25, -0.2) is 0 Å². The zero-order valence-corrected chi connectivity index (χ0v) is 20.7. The second kappa shape index (κ2) is 10.8. The predicted molar refractivity (Wildman–Crippen MR) is 119 cm³/mol. The van der Waals surface area contributed by atoms with E-state index in [1.165, 1.54) is 4.90 Å². The Morgan fingerprint density at radius 3 is 2.43 bits per heavy atom. The van der Waals surface area contributed by atoms with E-state index in [1.807, 2.05) is 33.8 Å². The van der Waals surface area contributed by atoms with Gasteiger partial charge in [0.2, 0.25) is 17.7 Å². The Labute approximate surface area is 203 Å². The fraction of sp³-hybridized carbons (Fsp3) is 0.783. The smallest absolute Gasteiger partial charge is 0.356 e. The molecule has 3 aliphatic rings. The van der Waals surface area contributed by atoms with Crippen molar-refractivity contribution in [2.24, 2.45) is 23.2 Å². The topological polar surface area (TPSA) is 131 Å². The van der Waals surface area contributed by atoms with Crippen LogP contribution < -0.4 is 16.0 Å². The predicted octanol–water partition coefficient (Wildman–Crippen LogP) is 1.49. The molecule has 2 heterocycles. The van der Waals surface area contributed by atoms with Crippen LogP contribution in [-0.4, -0.2) is 65.9 Å². The van der Waals surface area contributed by atoms with Crippen LogP contribution in [0.1, 0.15) is 53.9 Å². The normalized spacial score (nSPS) is 28.2. The van der Waals surface area contributed by atoms with Gasteiger partial charge in [-0.15, -0.1) is 0 Å². The van der Waals surface area contributed by atoms with Crippen molar-refractivity contribution in [1.82, 2.24) is 20.9 Å². The van der Waals surface area contributed by atoms with Gasteiger partial charge in [-0.1, -0.05) is 27.7 Å². The molecule has 9 nitrogen and oxygen atoms in total. The molecule has 0 aromatic carbocycles. The Morgan fingerprint density at radius 2 is 1.89 bits per heavy atom. The van der Waals surface area contributed by atoms with Crippen molar-refractivity contribution >= 4 is 23.6 Å². The van der Waals surface area contributed by atoms with Crippen LogP contribution >= 0.6 is 0 Å². The van der Waals surface area contributed by atoms with E-state index in [-0.39, 0.29) is 36.1 Å². The van der Waals surface area contributed by atoms with Crippen molar-refractivity contribution in [2.45, 2.75) is 78.2 Å². The fourth-order valence-corrected chi connectivity index (χ4v) is 5.15. The van der Waals surface area contributed by atoms with E-state index in [2.05, 4.69) is 10.6 Å². The second-order valence-electron chi connectivity index (χ2n) is 9.64. The summed E-state index contributed by atoms with van der Waals surface area (Å²) in [6.45, 7) is 9.75. The number of carbonyl (C=O) groups is 4. The third-order valence-electron chi connectivity index (χ3n) is 7.13. The first-order valence-electron chi connectivity index (χ1n) is 11.9. The number of nitrogens with zero attached hydrogens (tertiary/aromatic N) is 2. The molecule has 2 saturated heterocycles. The molecule has 6 atom stereocenters. The maximum absolute atomic E-state index is 13.2. The number of rotatable bonds is 6. The molecule has 196 valence electrons. The van der Waals surface area contributed by atoms with Gasteiger partial charge < -0.3 is 20.9 Å². The summed E-state index contributed by atoms with van der Waals surface area (Å²) in [7, 11) is 0. The van der Waals surface area contributed by atoms with Crippen LogP contribution in [0.5, 0.6) is 0 Å². The van der Waals surface area contributed by atoms with Crippen LogP contribution in [0.25, 0.3) is 0 Å². The van der Waals surface area contributed by atoms with E-state index in [1.54, 1.807) is 5.32 Å². The average molecular weight is 502 g/mol. The molecule has 0 bridgehead atoms. The number of likely N-dealkylation sites (tertiary alicyclic amines) is 1. The van der Waals surface area contributed by atoms with E-state index < -0.39 is 47.9 Å². The number of amides is 4. The number of fused-ring (bicyclic) bond motifs is 1. The summed E-state index contributed by atoms with van der Waals surface area (Å²) in [6, 6.07) is -1.42. The van der Waals surface area contributed by atoms with Crippen LogP contribution in [0.2, 0.25) is 0 Å². The third kappa shape index (κ3) is 6.05. The molecule has 3 rings (SSSR count). The van der Waals surface area contributed by atoms with Gasteiger partial charge in [-0.3, -0.25) is 19.2 Å². The number of nitriles is 1. The first-order chi connectivity index (χ1) is 16.3. The van der Waals surface area contributed by atoms with E-state index >= 15 is 0 Å². The Balaban J connectivity index is 0.00000210. The lowest BCUT2D eigenvalue weighted by atomic mass is 9.91. The minimum atomic E-state index is -5.13.